The molecule has 0 radical (unpaired) electrons. The summed E-state index contributed by atoms with van der Waals surface area (Å²) in [4.78, 5) is 13.2. The molecule has 0 aromatic rings. The first-order valence-corrected chi connectivity index (χ1v) is 30.8. The second-order valence-electron chi connectivity index (χ2n) is 21.4. The maximum atomic E-state index is 13.2. The van der Waals surface area contributed by atoms with Gasteiger partial charge >= 0.3 is 0 Å². The number of aliphatic hydroxyl groups excluding tert-OH is 11. The molecule has 3 aliphatic heterocycles. The molecule has 0 bridgehead atoms. The zero-order valence-electron chi connectivity index (χ0n) is 49.8. The number of carbonyl (C=O) groups excluding carboxylic acids is 1. The minimum atomic E-state index is -1.98. The van der Waals surface area contributed by atoms with Gasteiger partial charge in [0, 0.05) is 6.42 Å². The molecule has 19 heteroatoms. The lowest BCUT2D eigenvalue weighted by molar-refractivity contribution is -0.379. The molecule has 17 atom stereocenters. The van der Waals surface area contributed by atoms with Gasteiger partial charge in [0.1, 0.15) is 73.2 Å². The van der Waals surface area contributed by atoms with Crippen molar-refractivity contribution in [3.63, 3.8) is 0 Å². The Kier molecular flexibility index (Phi) is 41.1. The van der Waals surface area contributed by atoms with Gasteiger partial charge in [-0.3, -0.25) is 4.79 Å². The standard InChI is InChI=1S/C65H105NO18/c1-3-5-7-9-10-11-12-13-14-15-16-17-18-19-20-21-22-23-24-25-26-27-28-29-30-31-32-33-34-35-36-37-38-39-41-43-53(71)66-48(49(70)42-40-8-6-4-2)47-79-63-59(77)56(74)61(51(45-68)81-63)84-65-60(78)57(75)62(52(46-69)82-65)83-64-58(76)55(73)54(72)50(44-67)80-64/h5,7,10-11,13-14,16-17,19-20,22-23,25-26,28-29,31-32,34-35,48-52,54-65,67-70,72-78H,3-4,6,8-9,12,15,18,21,24,27,30,33,36-47H2,1-2H3,(H,66,71)/b7-5-,11-10-,14-13-,17-16-,20-19-,23-22-,26-25-,29-28-,32-31-,35-34-. The number of hydrogen-bond acceptors (Lipinski definition) is 18. The third-order valence-corrected chi connectivity index (χ3v) is 14.6. The van der Waals surface area contributed by atoms with Gasteiger partial charge in [-0.1, -0.05) is 174 Å². The van der Waals surface area contributed by atoms with E-state index in [0.29, 0.717) is 19.3 Å². The number of aliphatic hydroxyl groups is 11. The Hall–Kier alpha value is -3.81. The van der Waals surface area contributed by atoms with E-state index < -0.39 is 124 Å². The van der Waals surface area contributed by atoms with Crippen molar-refractivity contribution in [2.24, 2.45) is 0 Å². The largest absolute Gasteiger partial charge is 0.394 e. The molecular formula is C65H105NO18. The highest BCUT2D eigenvalue weighted by Gasteiger charge is 2.53. The predicted octanol–water partition coefficient (Wildman–Crippen LogP) is 6.09. The SMILES string of the molecule is CC/C=C\C/C=C\C/C=C\C/C=C\C/C=C\C/C=C\C/C=C\C/C=C\C/C=C\C/C=C\CCCCCCC(=O)NC(COC1OC(CO)C(OC2OC(CO)C(OC3OC(CO)C(O)C(O)C3O)C(O)C2O)C(O)C1O)C(O)CCCCCC. The summed E-state index contributed by atoms with van der Waals surface area (Å²) in [6.07, 6.45) is 35.4. The van der Waals surface area contributed by atoms with Crippen molar-refractivity contribution in [3.8, 4) is 0 Å². The Balaban J connectivity index is 1.32. The van der Waals surface area contributed by atoms with E-state index in [2.05, 4.69) is 141 Å². The van der Waals surface area contributed by atoms with E-state index in [-0.39, 0.29) is 18.9 Å². The minimum absolute atomic E-state index is 0.225. The van der Waals surface area contributed by atoms with Crippen LogP contribution >= 0.6 is 0 Å². The van der Waals surface area contributed by atoms with E-state index in [1.54, 1.807) is 0 Å². The molecule has 478 valence electrons. The fourth-order valence-electron chi connectivity index (χ4n) is 9.51. The quantitative estimate of drug-likeness (QED) is 0.0243. The summed E-state index contributed by atoms with van der Waals surface area (Å²) in [5, 5.41) is 119. The first-order valence-electron chi connectivity index (χ1n) is 30.8. The monoisotopic (exact) mass is 1190 g/mol. The summed E-state index contributed by atoms with van der Waals surface area (Å²) in [5.41, 5.74) is 0. The number of amides is 1. The van der Waals surface area contributed by atoms with E-state index in [0.717, 1.165) is 109 Å². The lowest BCUT2D eigenvalue weighted by Gasteiger charge is -2.48. The van der Waals surface area contributed by atoms with Gasteiger partial charge in [0.2, 0.25) is 5.91 Å². The molecule has 0 aromatic carbocycles. The van der Waals surface area contributed by atoms with Gasteiger partial charge in [-0.25, -0.2) is 0 Å². The van der Waals surface area contributed by atoms with Crippen LogP contribution in [0.1, 0.15) is 149 Å². The average molecular weight is 1190 g/mol. The van der Waals surface area contributed by atoms with Crippen molar-refractivity contribution in [1.29, 1.82) is 0 Å². The molecule has 3 saturated heterocycles. The van der Waals surface area contributed by atoms with Crippen LogP contribution in [0.5, 0.6) is 0 Å². The summed E-state index contributed by atoms with van der Waals surface area (Å²) in [5.74, 6) is -0.284. The second kappa shape index (κ2) is 46.4. The van der Waals surface area contributed by atoms with E-state index in [1.165, 1.54) is 0 Å². The molecule has 0 aliphatic carbocycles. The highest BCUT2D eigenvalue weighted by atomic mass is 16.8. The number of nitrogens with one attached hydrogen (secondary N) is 1. The van der Waals surface area contributed by atoms with Crippen LogP contribution in [0.15, 0.2) is 122 Å². The van der Waals surface area contributed by atoms with Crippen molar-refractivity contribution < 1.29 is 89.4 Å². The van der Waals surface area contributed by atoms with Crippen molar-refractivity contribution >= 4 is 5.91 Å². The van der Waals surface area contributed by atoms with Crippen LogP contribution in [0.25, 0.3) is 0 Å². The van der Waals surface area contributed by atoms with Crippen molar-refractivity contribution in [2.75, 3.05) is 26.4 Å². The first kappa shape index (κ1) is 74.4. The summed E-state index contributed by atoms with van der Waals surface area (Å²) in [6, 6.07) is -0.906. The normalized spacial score (nSPS) is 30.0. The fraction of sp³-hybridized carbons (Fsp3) is 0.677. The van der Waals surface area contributed by atoms with Crippen molar-refractivity contribution in [2.45, 2.75) is 253 Å². The van der Waals surface area contributed by atoms with Gasteiger partial charge in [0.25, 0.3) is 0 Å². The summed E-state index contributed by atoms with van der Waals surface area (Å²) in [6.45, 7) is 1.47. The number of unbranched alkanes of at least 4 members (excludes halogenated alkanes) is 7. The van der Waals surface area contributed by atoms with E-state index >= 15 is 0 Å². The van der Waals surface area contributed by atoms with Crippen molar-refractivity contribution in [3.05, 3.63) is 122 Å². The van der Waals surface area contributed by atoms with Crippen LogP contribution in [0, 0.1) is 0 Å². The lowest BCUT2D eigenvalue weighted by atomic mass is 9.96. The van der Waals surface area contributed by atoms with E-state index in [4.69, 9.17) is 28.4 Å². The average Bonchev–Trinajstić information content (AvgIpc) is 3.52. The van der Waals surface area contributed by atoms with Crippen LogP contribution in [0.4, 0.5) is 0 Å². The van der Waals surface area contributed by atoms with Gasteiger partial charge in [-0.2, -0.15) is 0 Å². The Morgan fingerprint density at radius 1 is 0.440 bits per heavy atom. The maximum Gasteiger partial charge on any atom is 0.220 e. The summed E-state index contributed by atoms with van der Waals surface area (Å²) < 4.78 is 34.0. The number of rotatable bonds is 43. The molecule has 1 amide bonds. The number of hydrogen-bond donors (Lipinski definition) is 12. The zero-order chi connectivity index (χ0) is 61.2. The third kappa shape index (κ3) is 29.3. The Morgan fingerprint density at radius 2 is 0.821 bits per heavy atom. The van der Waals surface area contributed by atoms with Gasteiger partial charge < -0.3 is 89.9 Å². The number of ether oxygens (including phenoxy) is 6. The van der Waals surface area contributed by atoms with Crippen LogP contribution in [0.3, 0.4) is 0 Å². The lowest BCUT2D eigenvalue weighted by Crippen LogP contribution is -2.66. The smallest absolute Gasteiger partial charge is 0.220 e. The molecular weight excluding hydrogens is 1080 g/mol. The highest BCUT2D eigenvalue weighted by molar-refractivity contribution is 5.76. The molecule has 3 rings (SSSR count). The summed E-state index contributed by atoms with van der Waals surface area (Å²) in [7, 11) is 0. The molecule has 0 aromatic heterocycles. The zero-order valence-corrected chi connectivity index (χ0v) is 49.8. The minimum Gasteiger partial charge on any atom is -0.394 e. The molecule has 3 heterocycles. The highest BCUT2D eigenvalue weighted by Crippen LogP contribution is 2.33. The van der Waals surface area contributed by atoms with Crippen LogP contribution in [-0.2, 0) is 33.2 Å². The first-order chi connectivity index (χ1) is 40.8. The van der Waals surface area contributed by atoms with Crippen molar-refractivity contribution in [1.82, 2.24) is 5.32 Å². The molecule has 3 fully saturated rings. The van der Waals surface area contributed by atoms with Gasteiger partial charge in [-0.05, 0) is 89.9 Å². The topological polar surface area (TPSA) is 307 Å². The maximum absolute atomic E-state index is 13.2. The second-order valence-corrected chi connectivity index (χ2v) is 21.4. The molecule has 12 N–H and O–H groups in total. The molecule has 3 aliphatic rings. The Labute approximate surface area is 499 Å². The van der Waals surface area contributed by atoms with Crippen LogP contribution in [-0.4, -0.2) is 193 Å². The fourth-order valence-corrected chi connectivity index (χ4v) is 9.51. The van der Waals surface area contributed by atoms with E-state index in [9.17, 15) is 61.0 Å². The number of carbonyl (C=O) groups is 1. The van der Waals surface area contributed by atoms with Crippen LogP contribution < -0.4 is 5.32 Å². The third-order valence-electron chi connectivity index (χ3n) is 14.6. The molecule has 0 saturated carbocycles. The molecule has 19 nitrogen and oxygen atoms in total. The van der Waals surface area contributed by atoms with Gasteiger partial charge in [0.15, 0.2) is 18.9 Å². The molecule has 84 heavy (non-hydrogen) atoms. The van der Waals surface area contributed by atoms with Gasteiger partial charge in [0.05, 0.1) is 38.6 Å². The van der Waals surface area contributed by atoms with Gasteiger partial charge in [-0.15, -0.1) is 0 Å². The molecule has 0 spiro atoms. The predicted molar refractivity (Wildman–Crippen MR) is 323 cm³/mol. The Bertz CT molecular complexity index is 2000. The molecule has 17 unspecified atom stereocenters. The summed E-state index contributed by atoms with van der Waals surface area (Å²) >= 11 is 0. The van der Waals surface area contributed by atoms with Crippen LogP contribution in [0.2, 0.25) is 0 Å². The van der Waals surface area contributed by atoms with E-state index in [1.807, 2.05) is 0 Å². The Morgan fingerprint density at radius 3 is 1.26 bits per heavy atom. The number of allylic oxidation sites excluding steroid dienone is 20.